The number of aromatic amines is 1. The van der Waals surface area contributed by atoms with Crippen molar-refractivity contribution < 1.29 is 13.2 Å². The van der Waals surface area contributed by atoms with Crippen LogP contribution in [0.3, 0.4) is 0 Å². The molecule has 2 aliphatic heterocycles. The third-order valence-corrected chi connectivity index (χ3v) is 11.0. The smallest absolute Gasteiger partial charge is 0.251 e. The molecule has 2 N–H and O–H groups in total. The second-order valence-corrected chi connectivity index (χ2v) is 15.2. The Morgan fingerprint density at radius 1 is 1.00 bits per heavy atom. The van der Waals surface area contributed by atoms with Crippen LogP contribution in [0.2, 0.25) is 5.02 Å². The van der Waals surface area contributed by atoms with Gasteiger partial charge in [-0.3, -0.25) is 9.48 Å². The highest BCUT2D eigenvalue weighted by atomic mass is 35.5. The molecule has 0 spiro atoms. The van der Waals surface area contributed by atoms with Crippen molar-refractivity contribution in [3.8, 4) is 22.4 Å². The second-order valence-electron chi connectivity index (χ2n) is 12.9. The molecule has 5 aromatic rings. The highest BCUT2D eigenvalue weighted by Crippen LogP contribution is 2.36. The molecule has 0 aliphatic carbocycles. The number of H-pyrrole nitrogens is 1. The molecule has 12 heteroatoms. The summed E-state index contributed by atoms with van der Waals surface area (Å²) in [6.45, 7) is 6.75. The van der Waals surface area contributed by atoms with Gasteiger partial charge >= 0.3 is 0 Å². The molecule has 0 saturated carbocycles. The summed E-state index contributed by atoms with van der Waals surface area (Å²) >= 11 is 6.78. The summed E-state index contributed by atoms with van der Waals surface area (Å²) in [6, 6.07) is 20.6. The first kappa shape index (κ1) is 32.5. The molecule has 4 heterocycles. The van der Waals surface area contributed by atoms with E-state index in [2.05, 4.69) is 24.9 Å². The fourth-order valence-electron chi connectivity index (χ4n) is 6.86. The van der Waals surface area contributed by atoms with Crippen LogP contribution in [0.25, 0.3) is 33.4 Å². The molecule has 2 aromatic heterocycles. The van der Waals surface area contributed by atoms with E-state index in [-0.39, 0.29) is 18.5 Å². The minimum atomic E-state index is -3.37. The first-order valence-corrected chi connectivity index (χ1v) is 18.8. The normalized spacial score (nSPS) is 16.3. The van der Waals surface area contributed by atoms with Gasteiger partial charge in [-0.2, -0.15) is 9.40 Å². The van der Waals surface area contributed by atoms with Gasteiger partial charge in [0.2, 0.25) is 10.0 Å². The van der Waals surface area contributed by atoms with Gasteiger partial charge in [0.05, 0.1) is 29.0 Å². The number of nitrogens with one attached hydrogen (secondary N) is 2. The van der Waals surface area contributed by atoms with Gasteiger partial charge in [-0.1, -0.05) is 41.9 Å². The van der Waals surface area contributed by atoms with Crippen LogP contribution in [0, 0.1) is 0 Å². The van der Waals surface area contributed by atoms with E-state index in [0.717, 1.165) is 77.3 Å². The predicted molar refractivity (Wildman–Crippen MR) is 189 cm³/mol. The van der Waals surface area contributed by atoms with Crippen LogP contribution < -0.4 is 5.32 Å². The van der Waals surface area contributed by atoms with Gasteiger partial charge in [-0.25, -0.2) is 13.4 Å². The standard InChI is InChI=1S/C36H40ClN7O3S/c1-24(35-39-31-11-3-4-12-32(31)40-35)38-36(45)27-10-7-9-25(21-27)28-22-26(13-14-30(28)37)34-29-23-43(48(2,46)47)20-15-33(29)44(41-34)19-8-18-42-16-5-6-17-42/h3-4,7,9-14,21-22,24H,5-6,8,15-20,23H2,1-2H3,(H,38,45)(H,39,40). The summed E-state index contributed by atoms with van der Waals surface area (Å²) in [7, 11) is -3.37. The fraction of sp³-hybridized carbons (Fsp3) is 0.361. The number of likely N-dealkylation sites (tertiary alicyclic amines) is 1. The maximum Gasteiger partial charge on any atom is 0.251 e. The molecular weight excluding hydrogens is 646 g/mol. The van der Waals surface area contributed by atoms with E-state index in [0.29, 0.717) is 29.4 Å². The van der Waals surface area contributed by atoms with E-state index in [9.17, 15) is 13.2 Å². The summed E-state index contributed by atoms with van der Waals surface area (Å²) < 4.78 is 28.7. The molecule has 0 radical (unpaired) electrons. The Hall–Kier alpha value is -4.03. The maximum absolute atomic E-state index is 13.4. The van der Waals surface area contributed by atoms with Crippen LogP contribution in [0.1, 0.15) is 59.7 Å². The predicted octanol–water partition coefficient (Wildman–Crippen LogP) is 6.04. The molecule has 1 amide bonds. The number of hydrogen-bond acceptors (Lipinski definition) is 6. The molecule has 3 aromatic carbocycles. The molecule has 7 rings (SSSR count). The van der Waals surface area contributed by atoms with E-state index >= 15 is 0 Å². The number of halogens is 1. The maximum atomic E-state index is 13.4. The van der Waals surface area contributed by atoms with Crippen LogP contribution in [0.15, 0.2) is 66.7 Å². The number of nitrogens with zero attached hydrogens (tertiary/aromatic N) is 5. The lowest BCUT2D eigenvalue weighted by atomic mass is 9.97. The molecule has 10 nitrogen and oxygen atoms in total. The van der Waals surface area contributed by atoms with E-state index in [1.54, 1.807) is 6.07 Å². The molecule has 250 valence electrons. The van der Waals surface area contributed by atoms with Crippen molar-refractivity contribution in [1.82, 2.24) is 34.3 Å². The minimum absolute atomic E-state index is 0.223. The number of carbonyl (C=O) groups is 1. The number of carbonyl (C=O) groups excluding carboxylic acids is 1. The summed E-state index contributed by atoms with van der Waals surface area (Å²) in [5.41, 5.74) is 7.49. The largest absolute Gasteiger partial charge is 0.342 e. The Labute approximate surface area is 286 Å². The Morgan fingerprint density at radius 2 is 1.81 bits per heavy atom. The third-order valence-electron chi connectivity index (χ3n) is 9.45. The minimum Gasteiger partial charge on any atom is -0.342 e. The van der Waals surface area contributed by atoms with Crippen molar-refractivity contribution in [2.45, 2.75) is 51.7 Å². The van der Waals surface area contributed by atoms with Gasteiger partial charge in [0, 0.05) is 59.0 Å². The lowest BCUT2D eigenvalue weighted by Crippen LogP contribution is -2.35. The van der Waals surface area contributed by atoms with Gasteiger partial charge < -0.3 is 15.2 Å². The monoisotopic (exact) mass is 685 g/mol. The molecule has 48 heavy (non-hydrogen) atoms. The zero-order valence-electron chi connectivity index (χ0n) is 27.2. The lowest BCUT2D eigenvalue weighted by Gasteiger charge is -2.26. The SMILES string of the molecule is CC(NC(=O)c1cccc(-c2cc(-c3nn(CCCN4CCCC4)c4c3CN(S(C)(=O)=O)CC4)ccc2Cl)c1)c1nc2ccccc2[nH]1. The van der Waals surface area contributed by atoms with Crippen LogP contribution in [-0.4, -0.2) is 75.7 Å². The zero-order valence-corrected chi connectivity index (χ0v) is 28.8. The average Bonchev–Trinajstić information content (AvgIpc) is 3.84. The number of amides is 1. The van der Waals surface area contributed by atoms with Crippen molar-refractivity contribution in [3.63, 3.8) is 0 Å². The Kier molecular flexibility index (Phi) is 9.12. The number of aryl methyl sites for hydroxylation is 1. The van der Waals surface area contributed by atoms with E-state index in [1.165, 1.54) is 23.4 Å². The number of hydrogen-bond donors (Lipinski definition) is 2. The molecule has 1 unspecified atom stereocenters. The summed E-state index contributed by atoms with van der Waals surface area (Å²) in [5.74, 6) is 0.462. The van der Waals surface area contributed by atoms with Crippen LogP contribution >= 0.6 is 11.6 Å². The van der Waals surface area contributed by atoms with Gasteiger partial charge in [-0.15, -0.1) is 0 Å². The van der Waals surface area contributed by atoms with Gasteiger partial charge in [-0.05, 0) is 87.8 Å². The number of imidazole rings is 1. The van der Waals surface area contributed by atoms with Crippen molar-refractivity contribution in [2.75, 3.05) is 32.4 Å². The zero-order chi connectivity index (χ0) is 33.4. The van der Waals surface area contributed by atoms with Gasteiger partial charge in [0.25, 0.3) is 5.91 Å². The number of sulfonamides is 1. The van der Waals surface area contributed by atoms with Gasteiger partial charge in [0.1, 0.15) is 5.82 Å². The van der Waals surface area contributed by atoms with Gasteiger partial charge in [0.15, 0.2) is 0 Å². The number of rotatable bonds is 10. The lowest BCUT2D eigenvalue weighted by molar-refractivity contribution is 0.0938. The summed E-state index contributed by atoms with van der Waals surface area (Å²) in [6.07, 6.45) is 5.38. The van der Waals surface area contributed by atoms with Crippen molar-refractivity contribution >= 4 is 38.6 Å². The number of aromatic nitrogens is 4. The van der Waals surface area contributed by atoms with E-state index in [4.69, 9.17) is 16.7 Å². The number of benzene rings is 3. The van der Waals surface area contributed by atoms with Crippen LogP contribution in [0.4, 0.5) is 0 Å². The Balaban J connectivity index is 1.16. The number of fused-ring (bicyclic) bond motifs is 2. The topological polar surface area (TPSA) is 116 Å². The quantitative estimate of drug-likeness (QED) is 0.185. The Bertz CT molecular complexity index is 2050. The molecule has 2 aliphatic rings. The molecule has 1 atom stereocenters. The first-order chi connectivity index (χ1) is 23.1. The summed E-state index contributed by atoms with van der Waals surface area (Å²) in [5, 5.41) is 8.69. The van der Waals surface area contributed by atoms with E-state index < -0.39 is 10.0 Å². The van der Waals surface area contributed by atoms with Crippen molar-refractivity contribution in [1.29, 1.82) is 0 Å². The highest BCUT2D eigenvalue weighted by molar-refractivity contribution is 7.88. The second kappa shape index (κ2) is 13.5. The highest BCUT2D eigenvalue weighted by Gasteiger charge is 2.30. The van der Waals surface area contributed by atoms with E-state index in [1.807, 2.05) is 67.6 Å². The fourth-order valence-corrected chi connectivity index (χ4v) is 7.88. The first-order valence-electron chi connectivity index (χ1n) is 16.6. The molecular formula is C36H40ClN7O3S. The molecule has 1 fully saturated rings. The average molecular weight is 686 g/mol. The third kappa shape index (κ3) is 6.78. The Morgan fingerprint density at radius 3 is 2.60 bits per heavy atom. The summed E-state index contributed by atoms with van der Waals surface area (Å²) in [4.78, 5) is 23.8. The van der Waals surface area contributed by atoms with Crippen LogP contribution in [-0.2, 0) is 29.5 Å². The van der Waals surface area contributed by atoms with Crippen LogP contribution in [0.5, 0.6) is 0 Å². The van der Waals surface area contributed by atoms with Crippen molar-refractivity contribution in [3.05, 3.63) is 94.4 Å². The number of para-hydroxylation sites is 2. The van der Waals surface area contributed by atoms with Crippen molar-refractivity contribution in [2.24, 2.45) is 0 Å². The molecule has 0 bridgehead atoms. The molecule has 1 saturated heterocycles.